The summed E-state index contributed by atoms with van der Waals surface area (Å²) in [7, 11) is 0. The number of nitrogens with zero attached hydrogens (tertiary/aromatic N) is 2. The molecule has 1 N–H and O–H groups in total. The fourth-order valence-electron chi connectivity index (χ4n) is 5.40. The van der Waals surface area contributed by atoms with Gasteiger partial charge in [0.05, 0.1) is 12.1 Å². The average molecular weight is 463 g/mol. The van der Waals surface area contributed by atoms with Crippen LogP contribution in [0, 0.1) is 0 Å². The van der Waals surface area contributed by atoms with Crippen molar-refractivity contribution in [2.24, 2.45) is 5.16 Å². The second kappa shape index (κ2) is 11.7. The first-order valence-corrected chi connectivity index (χ1v) is 12.9. The van der Waals surface area contributed by atoms with Crippen molar-refractivity contribution in [1.29, 1.82) is 0 Å². The lowest BCUT2D eigenvalue weighted by atomic mass is 9.81. The van der Waals surface area contributed by atoms with Gasteiger partial charge in [0.2, 0.25) is 0 Å². The molecule has 0 aromatic heterocycles. The molecule has 2 aliphatic rings. The average Bonchev–Trinajstić information content (AvgIpc) is 2.87. The van der Waals surface area contributed by atoms with Crippen molar-refractivity contribution in [3.05, 3.63) is 69.8 Å². The highest BCUT2D eigenvalue weighted by molar-refractivity contribution is 5.98. The lowest BCUT2D eigenvalue weighted by molar-refractivity contribution is -0.137. The third-order valence-electron chi connectivity index (χ3n) is 7.42. The number of carboxylic acid groups (broad SMARTS) is 1. The first kappa shape index (κ1) is 24.5. The lowest BCUT2D eigenvalue weighted by Gasteiger charge is -2.28. The summed E-state index contributed by atoms with van der Waals surface area (Å²) in [6.07, 6.45) is 8.95. The second-order valence-corrected chi connectivity index (χ2v) is 9.83. The van der Waals surface area contributed by atoms with Crippen LogP contribution in [0.25, 0.3) is 0 Å². The smallest absolute Gasteiger partial charge is 0.304 e. The molecule has 1 aliphatic heterocycles. The molecule has 0 unspecified atom stereocenters. The number of oxime groups is 1. The van der Waals surface area contributed by atoms with Crippen LogP contribution in [0.2, 0.25) is 0 Å². The van der Waals surface area contributed by atoms with Crippen LogP contribution in [0.3, 0.4) is 0 Å². The first-order chi connectivity index (χ1) is 16.5. The van der Waals surface area contributed by atoms with Crippen LogP contribution in [0.5, 0.6) is 0 Å². The first-order valence-electron chi connectivity index (χ1n) is 12.9. The molecule has 1 fully saturated rings. The molecule has 0 radical (unpaired) electrons. The highest BCUT2D eigenvalue weighted by atomic mass is 16.6. The van der Waals surface area contributed by atoms with Crippen molar-refractivity contribution in [3.63, 3.8) is 0 Å². The molecule has 0 amide bonds. The highest BCUT2D eigenvalue weighted by Crippen LogP contribution is 2.35. The van der Waals surface area contributed by atoms with Gasteiger partial charge in [-0.3, -0.25) is 9.69 Å². The molecule has 1 saturated carbocycles. The quantitative estimate of drug-likeness (QED) is 0.363. The summed E-state index contributed by atoms with van der Waals surface area (Å²) in [6.45, 7) is 7.04. The summed E-state index contributed by atoms with van der Waals surface area (Å²) in [5.41, 5.74) is 8.75. The summed E-state index contributed by atoms with van der Waals surface area (Å²) in [5.74, 6) is -0.00810. The molecule has 34 heavy (non-hydrogen) atoms. The minimum absolute atomic E-state index is 0.194. The molecule has 5 nitrogen and oxygen atoms in total. The number of fused-ring (bicyclic) bond motifs is 1. The summed E-state index contributed by atoms with van der Waals surface area (Å²) in [4.78, 5) is 18.8. The maximum atomic E-state index is 10.8. The normalized spacial score (nSPS) is 17.4. The maximum absolute atomic E-state index is 10.8. The minimum atomic E-state index is -0.737. The molecule has 1 aliphatic carbocycles. The summed E-state index contributed by atoms with van der Waals surface area (Å²) in [6, 6.07) is 13.3. The van der Waals surface area contributed by atoms with Crippen molar-refractivity contribution in [2.75, 3.05) is 13.1 Å². The van der Waals surface area contributed by atoms with Crippen LogP contribution >= 0.6 is 0 Å². The Morgan fingerprint density at radius 2 is 1.94 bits per heavy atom. The van der Waals surface area contributed by atoms with Crippen LogP contribution in [-0.4, -0.2) is 34.8 Å². The number of aryl methyl sites for hydroxylation is 1. The standard InChI is InChI=1S/C29H38N2O3/c1-3-23-17-22(9-12-28(23)24-7-5-4-6-8-24)20-34-30-21(2)25-10-11-27-19-31(16-14-29(32)33)15-13-26(27)18-25/h9-12,17-18,24H,3-8,13-16,19-20H2,1-2H3,(H,32,33). The molecule has 4 rings (SSSR count). The van der Waals surface area contributed by atoms with Gasteiger partial charge in [0.15, 0.2) is 0 Å². The zero-order valence-corrected chi connectivity index (χ0v) is 20.7. The summed E-state index contributed by atoms with van der Waals surface area (Å²) >= 11 is 0. The van der Waals surface area contributed by atoms with Gasteiger partial charge in [-0.2, -0.15) is 0 Å². The third-order valence-corrected chi connectivity index (χ3v) is 7.42. The van der Waals surface area contributed by atoms with E-state index in [2.05, 4.69) is 53.4 Å². The molecule has 0 saturated heterocycles. The van der Waals surface area contributed by atoms with Crippen LogP contribution < -0.4 is 0 Å². The number of aliphatic carboxylic acids is 1. The van der Waals surface area contributed by atoms with Crippen LogP contribution in [0.1, 0.15) is 91.7 Å². The van der Waals surface area contributed by atoms with Crippen LogP contribution in [0.15, 0.2) is 41.6 Å². The Morgan fingerprint density at radius 3 is 2.71 bits per heavy atom. The lowest BCUT2D eigenvalue weighted by Crippen LogP contribution is -2.32. The van der Waals surface area contributed by atoms with Crippen LogP contribution in [0.4, 0.5) is 0 Å². The number of carbonyl (C=O) groups is 1. The van der Waals surface area contributed by atoms with Gasteiger partial charge >= 0.3 is 5.97 Å². The van der Waals surface area contributed by atoms with E-state index in [4.69, 9.17) is 9.94 Å². The van der Waals surface area contributed by atoms with E-state index in [1.165, 1.54) is 54.4 Å². The molecule has 5 heteroatoms. The Hall–Kier alpha value is -2.66. The maximum Gasteiger partial charge on any atom is 0.304 e. The van der Waals surface area contributed by atoms with E-state index in [0.29, 0.717) is 13.2 Å². The van der Waals surface area contributed by atoms with E-state index in [1.807, 2.05) is 6.92 Å². The number of hydrogen-bond donors (Lipinski definition) is 1. The van der Waals surface area contributed by atoms with E-state index in [-0.39, 0.29) is 6.42 Å². The third kappa shape index (κ3) is 6.26. The van der Waals surface area contributed by atoms with Crippen LogP contribution in [-0.2, 0) is 35.6 Å². The second-order valence-electron chi connectivity index (χ2n) is 9.83. The van der Waals surface area contributed by atoms with Gasteiger partial charge in [-0.25, -0.2) is 0 Å². The van der Waals surface area contributed by atoms with E-state index in [9.17, 15) is 4.79 Å². The van der Waals surface area contributed by atoms with Crippen molar-refractivity contribution < 1.29 is 14.7 Å². The van der Waals surface area contributed by atoms with Gasteiger partial charge in [0, 0.05) is 19.6 Å². The zero-order valence-electron chi connectivity index (χ0n) is 20.7. The molecule has 2 aromatic carbocycles. The predicted octanol–water partition coefficient (Wildman–Crippen LogP) is 6.07. The molecule has 2 aromatic rings. The topological polar surface area (TPSA) is 62.1 Å². The Labute approximate surface area is 203 Å². The Balaban J connectivity index is 1.35. The molecule has 182 valence electrons. The SMILES string of the molecule is CCc1cc(CON=C(C)c2ccc3c(c2)CCN(CCC(=O)O)C3)ccc1C1CCCCC1. The monoisotopic (exact) mass is 462 g/mol. The van der Waals surface area contributed by atoms with Crippen molar-refractivity contribution in [3.8, 4) is 0 Å². The van der Waals surface area contributed by atoms with Gasteiger partial charge < -0.3 is 9.94 Å². The molecular weight excluding hydrogens is 424 g/mol. The van der Waals surface area contributed by atoms with Gasteiger partial charge in [0.1, 0.15) is 6.61 Å². The summed E-state index contributed by atoms with van der Waals surface area (Å²) < 4.78 is 0. The van der Waals surface area contributed by atoms with Gasteiger partial charge in [-0.05, 0) is 78.0 Å². The van der Waals surface area contributed by atoms with Crippen molar-refractivity contribution >= 4 is 11.7 Å². The minimum Gasteiger partial charge on any atom is -0.481 e. The fraction of sp³-hybridized carbons (Fsp3) is 0.517. The Bertz CT molecular complexity index is 1020. The highest BCUT2D eigenvalue weighted by Gasteiger charge is 2.19. The Kier molecular flexibility index (Phi) is 8.39. The van der Waals surface area contributed by atoms with Gasteiger partial charge in [-0.15, -0.1) is 0 Å². The van der Waals surface area contributed by atoms with Gasteiger partial charge in [-0.1, -0.05) is 61.7 Å². The van der Waals surface area contributed by atoms with E-state index < -0.39 is 5.97 Å². The summed E-state index contributed by atoms with van der Waals surface area (Å²) in [5, 5.41) is 13.3. The van der Waals surface area contributed by atoms with E-state index in [0.717, 1.165) is 43.1 Å². The molecule has 0 bridgehead atoms. The molecule has 1 heterocycles. The molecule has 0 spiro atoms. The fourth-order valence-corrected chi connectivity index (χ4v) is 5.40. The van der Waals surface area contributed by atoms with Gasteiger partial charge in [0.25, 0.3) is 0 Å². The molecule has 0 atom stereocenters. The number of hydrogen-bond acceptors (Lipinski definition) is 4. The molecular formula is C29H38N2O3. The Morgan fingerprint density at radius 1 is 1.12 bits per heavy atom. The van der Waals surface area contributed by atoms with E-state index >= 15 is 0 Å². The van der Waals surface area contributed by atoms with Crippen molar-refractivity contribution in [2.45, 2.75) is 84.3 Å². The zero-order chi connectivity index (χ0) is 23.9. The number of benzene rings is 2. The number of carboxylic acids is 1. The van der Waals surface area contributed by atoms with Crippen molar-refractivity contribution in [1.82, 2.24) is 4.90 Å². The van der Waals surface area contributed by atoms with E-state index in [1.54, 1.807) is 5.56 Å². The number of rotatable bonds is 9. The largest absolute Gasteiger partial charge is 0.481 e. The predicted molar refractivity (Wildman–Crippen MR) is 136 cm³/mol.